The highest BCUT2D eigenvalue weighted by atomic mass is 32.2. The Labute approximate surface area is 108 Å². The summed E-state index contributed by atoms with van der Waals surface area (Å²) >= 11 is 0. The number of carboxylic acid groups (broad SMARTS) is 1. The van der Waals surface area contributed by atoms with Gasteiger partial charge in [0, 0.05) is 18.6 Å². The van der Waals surface area contributed by atoms with Crippen molar-refractivity contribution in [2.45, 2.75) is 56.9 Å². The molecule has 0 radical (unpaired) electrons. The average molecular weight is 278 g/mol. The number of nitrogens with two attached hydrogens (primary N) is 1. The first-order chi connectivity index (χ1) is 8.30. The molecule has 106 valence electrons. The molecule has 0 amide bonds. The summed E-state index contributed by atoms with van der Waals surface area (Å²) in [6, 6.07) is 0.0288. The summed E-state index contributed by atoms with van der Waals surface area (Å²) in [5, 5.41) is 7.48. The summed E-state index contributed by atoms with van der Waals surface area (Å²) in [5.41, 5.74) is 5.79. The number of nitrogens with zero attached hydrogens (tertiary/aromatic N) is 1. The van der Waals surface area contributed by atoms with Crippen LogP contribution in [0, 0.1) is 0 Å². The molecular weight excluding hydrogens is 256 g/mol. The number of rotatable bonds is 5. The molecule has 7 heteroatoms. The van der Waals surface area contributed by atoms with Gasteiger partial charge >= 0.3 is 5.97 Å². The van der Waals surface area contributed by atoms with Crippen molar-refractivity contribution in [2.75, 3.05) is 6.54 Å². The molecular formula is C11H22N2O4S. The van der Waals surface area contributed by atoms with Crippen LogP contribution in [0.2, 0.25) is 0 Å². The molecule has 1 aliphatic rings. The fourth-order valence-corrected chi connectivity index (χ4v) is 4.01. The molecule has 0 aromatic rings. The summed E-state index contributed by atoms with van der Waals surface area (Å²) in [6.07, 6.45) is 3.00. The van der Waals surface area contributed by atoms with Gasteiger partial charge in [0.05, 0.1) is 0 Å². The quantitative estimate of drug-likeness (QED) is 0.757. The Morgan fingerprint density at radius 2 is 1.89 bits per heavy atom. The van der Waals surface area contributed by atoms with Crippen LogP contribution in [0.15, 0.2) is 0 Å². The molecule has 0 aromatic heterocycles. The third kappa shape index (κ3) is 3.21. The topological polar surface area (TPSA) is 101 Å². The van der Waals surface area contributed by atoms with Crippen LogP contribution in [0.25, 0.3) is 0 Å². The van der Waals surface area contributed by atoms with Crippen molar-refractivity contribution < 1.29 is 18.3 Å². The highest BCUT2D eigenvalue weighted by Gasteiger charge is 2.37. The Bertz CT molecular complexity index is 388. The molecule has 1 unspecified atom stereocenters. The number of carbonyl (C=O) groups is 1. The Morgan fingerprint density at radius 1 is 1.39 bits per heavy atom. The van der Waals surface area contributed by atoms with Crippen LogP contribution in [0.5, 0.6) is 0 Å². The molecule has 1 rings (SSSR count). The smallest absolute Gasteiger partial charge is 0.323 e. The standard InChI is InChI=1S/C11H22N2O4S/c1-3-13(10-6-4-9(12)5-7-10)18(16,17)8(2)11(14)15/h8-10H,3-7,12H2,1-2H3,(H,14,15). The Kier molecular flexibility index (Phi) is 5.12. The summed E-state index contributed by atoms with van der Waals surface area (Å²) in [4.78, 5) is 10.9. The third-order valence-electron chi connectivity index (χ3n) is 3.58. The van der Waals surface area contributed by atoms with Gasteiger partial charge in [0.2, 0.25) is 10.0 Å². The van der Waals surface area contributed by atoms with Crippen LogP contribution in [-0.2, 0) is 14.8 Å². The lowest BCUT2D eigenvalue weighted by Gasteiger charge is -2.35. The number of sulfonamides is 1. The number of hydrogen-bond donors (Lipinski definition) is 2. The molecule has 18 heavy (non-hydrogen) atoms. The monoisotopic (exact) mass is 278 g/mol. The van der Waals surface area contributed by atoms with E-state index < -0.39 is 21.2 Å². The van der Waals surface area contributed by atoms with E-state index in [9.17, 15) is 13.2 Å². The van der Waals surface area contributed by atoms with E-state index >= 15 is 0 Å². The summed E-state index contributed by atoms with van der Waals surface area (Å²) in [7, 11) is -3.77. The highest BCUT2D eigenvalue weighted by Crippen LogP contribution is 2.25. The van der Waals surface area contributed by atoms with Gasteiger partial charge in [0.1, 0.15) is 0 Å². The third-order valence-corrected chi connectivity index (χ3v) is 5.89. The summed E-state index contributed by atoms with van der Waals surface area (Å²) in [5.74, 6) is -1.30. The highest BCUT2D eigenvalue weighted by molar-refractivity contribution is 7.90. The zero-order chi connectivity index (χ0) is 13.9. The van der Waals surface area contributed by atoms with E-state index in [0.717, 1.165) is 12.8 Å². The lowest BCUT2D eigenvalue weighted by molar-refractivity contribution is -0.136. The largest absolute Gasteiger partial charge is 0.480 e. The minimum absolute atomic E-state index is 0.110. The molecule has 0 spiro atoms. The first-order valence-electron chi connectivity index (χ1n) is 6.29. The van der Waals surface area contributed by atoms with Crippen molar-refractivity contribution in [2.24, 2.45) is 5.73 Å². The van der Waals surface area contributed by atoms with Gasteiger partial charge in [-0.25, -0.2) is 8.42 Å². The maximum atomic E-state index is 12.2. The van der Waals surface area contributed by atoms with Gasteiger partial charge in [-0.05, 0) is 32.6 Å². The second kappa shape index (κ2) is 5.99. The minimum atomic E-state index is -3.77. The molecule has 1 saturated carbocycles. The fourth-order valence-electron chi connectivity index (χ4n) is 2.37. The van der Waals surface area contributed by atoms with Crippen molar-refractivity contribution in [1.82, 2.24) is 4.31 Å². The lowest BCUT2D eigenvalue weighted by atomic mass is 9.92. The van der Waals surface area contributed by atoms with Crippen LogP contribution in [-0.4, -0.2) is 47.7 Å². The molecule has 6 nitrogen and oxygen atoms in total. The van der Waals surface area contributed by atoms with Crippen LogP contribution in [0.1, 0.15) is 39.5 Å². The Balaban J connectivity index is 2.86. The average Bonchev–Trinajstić information content (AvgIpc) is 2.31. The van der Waals surface area contributed by atoms with Crippen molar-refractivity contribution in [3.63, 3.8) is 0 Å². The van der Waals surface area contributed by atoms with Crippen molar-refractivity contribution >= 4 is 16.0 Å². The number of hydrogen-bond acceptors (Lipinski definition) is 4. The van der Waals surface area contributed by atoms with E-state index in [0.29, 0.717) is 19.4 Å². The second-order valence-corrected chi connectivity index (χ2v) is 7.00. The zero-order valence-electron chi connectivity index (χ0n) is 10.9. The SMILES string of the molecule is CCN(C1CCC(N)CC1)S(=O)(=O)C(C)C(=O)O. The van der Waals surface area contributed by atoms with Gasteiger partial charge in [-0.2, -0.15) is 4.31 Å². The van der Waals surface area contributed by atoms with E-state index in [1.54, 1.807) is 6.92 Å². The second-order valence-electron chi connectivity index (χ2n) is 4.80. The molecule has 1 aliphatic carbocycles. The van der Waals surface area contributed by atoms with E-state index in [4.69, 9.17) is 10.8 Å². The van der Waals surface area contributed by atoms with Crippen LogP contribution in [0.3, 0.4) is 0 Å². The van der Waals surface area contributed by atoms with E-state index in [1.807, 2.05) is 0 Å². The van der Waals surface area contributed by atoms with E-state index in [2.05, 4.69) is 0 Å². The van der Waals surface area contributed by atoms with Gasteiger partial charge in [-0.3, -0.25) is 4.79 Å². The number of carboxylic acids is 1. The Morgan fingerprint density at radius 3 is 2.28 bits per heavy atom. The summed E-state index contributed by atoms with van der Waals surface area (Å²) < 4.78 is 25.7. The maximum Gasteiger partial charge on any atom is 0.323 e. The van der Waals surface area contributed by atoms with Crippen LogP contribution >= 0.6 is 0 Å². The van der Waals surface area contributed by atoms with Gasteiger partial charge in [-0.15, -0.1) is 0 Å². The Hall–Kier alpha value is -0.660. The van der Waals surface area contributed by atoms with Gasteiger partial charge in [-0.1, -0.05) is 6.92 Å². The number of aliphatic carboxylic acids is 1. The minimum Gasteiger partial charge on any atom is -0.480 e. The molecule has 0 aromatic carbocycles. The molecule has 0 saturated heterocycles. The normalized spacial score (nSPS) is 27.1. The molecule has 1 atom stereocenters. The first kappa shape index (κ1) is 15.4. The van der Waals surface area contributed by atoms with Crippen LogP contribution in [0.4, 0.5) is 0 Å². The lowest BCUT2D eigenvalue weighted by Crippen LogP contribution is -2.48. The van der Waals surface area contributed by atoms with Gasteiger partial charge < -0.3 is 10.8 Å². The van der Waals surface area contributed by atoms with Crippen LogP contribution < -0.4 is 5.73 Å². The zero-order valence-corrected chi connectivity index (χ0v) is 11.7. The maximum absolute atomic E-state index is 12.2. The predicted octanol–water partition coefficient (Wildman–Crippen LogP) is 0.381. The molecule has 0 heterocycles. The first-order valence-corrected chi connectivity index (χ1v) is 7.80. The van der Waals surface area contributed by atoms with Gasteiger partial charge in [0.15, 0.2) is 5.25 Å². The van der Waals surface area contributed by atoms with Crippen molar-refractivity contribution in [3.05, 3.63) is 0 Å². The fraction of sp³-hybridized carbons (Fsp3) is 0.909. The molecule has 0 bridgehead atoms. The summed E-state index contributed by atoms with van der Waals surface area (Å²) in [6.45, 7) is 3.26. The predicted molar refractivity (Wildman–Crippen MR) is 68.6 cm³/mol. The van der Waals surface area contributed by atoms with Crippen molar-refractivity contribution in [1.29, 1.82) is 0 Å². The van der Waals surface area contributed by atoms with E-state index in [1.165, 1.54) is 11.2 Å². The van der Waals surface area contributed by atoms with Crippen molar-refractivity contribution in [3.8, 4) is 0 Å². The molecule has 0 aliphatic heterocycles. The van der Waals surface area contributed by atoms with Gasteiger partial charge in [0.25, 0.3) is 0 Å². The molecule has 1 fully saturated rings. The van der Waals surface area contributed by atoms with E-state index in [-0.39, 0.29) is 12.1 Å². The molecule has 3 N–H and O–H groups in total.